The molecular formula is C25H21N3O4S. The zero-order valence-corrected chi connectivity index (χ0v) is 19.2. The first kappa shape index (κ1) is 21.1. The number of hydrogen-bond acceptors (Lipinski definition) is 7. The number of carbonyl (C=O) groups excluding carboxylic acids is 1. The summed E-state index contributed by atoms with van der Waals surface area (Å²) in [7, 11) is 3.15. The van der Waals surface area contributed by atoms with Crippen molar-refractivity contribution in [2.24, 2.45) is 0 Å². The van der Waals surface area contributed by atoms with Crippen molar-refractivity contribution in [2.75, 3.05) is 25.7 Å². The average Bonchev–Trinajstić information content (AvgIpc) is 3.31. The standard InChI is InChI=1S/C25H21N3O4S/c1-4-28-18-13-12-15(14-21(18)33-20-11-6-5-8-16(20)25(28)29)23-26-24(32-27-23)17-9-7-10-19(30-2)22(17)31-3/h5-14H,4H2,1-3H3. The van der Waals surface area contributed by atoms with Gasteiger partial charge < -0.3 is 18.9 Å². The van der Waals surface area contributed by atoms with Gasteiger partial charge in [-0.25, -0.2) is 0 Å². The summed E-state index contributed by atoms with van der Waals surface area (Å²) in [4.78, 5) is 21.4. The highest BCUT2D eigenvalue weighted by molar-refractivity contribution is 7.99. The Hall–Kier alpha value is -3.78. The van der Waals surface area contributed by atoms with Gasteiger partial charge in [0.1, 0.15) is 0 Å². The molecular weight excluding hydrogens is 438 g/mol. The molecule has 33 heavy (non-hydrogen) atoms. The normalized spacial score (nSPS) is 12.7. The van der Waals surface area contributed by atoms with E-state index in [9.17, 15) is 4.79 Å². The fraction of sp³-hybridized carbons (Fsp3) is 0.160. The Bertz CT molecular complexity index is 1350. The molecule has 8 heteroatoms. The molecule has 4 aromatic rings. The van der Waals surface area contributed by atoms with Gasteiger partial charge in [-0.2, -0.15) is 4.98 Å². The summed E-state index contributed by atoms with van der Waals surface area (Å²) < 4.78 is 16.4. The van der Waals surface area contributed by atoms with Gasteiger partial charge in [0, 0.05) is 21.9 Å². The molecule has 166 valence electrons. The van der Waals surface area contributed by atoms with Gasteiger partial charge in [0.05, 0.1) is 31.0 Å². The van der Waals surface area contributed by atoms with Crippen molar-refractivity contribution in [3.05, 3.63) is 66.2 Å². The summed E-state index contributed by atoms with van der Waals surface area (Å²) in [6.07, 6.45) is 0. The molecule has 1 aromatic heterocycles. The molecule has 1 amide bonds. The van der Waals surface area contributed by atoms with E-state index in [1.165, 1.54) is 0 Å². The van der Waals surface area contributed by atoms with Crippen LogP contribution in [0.4, 0.5) is 5.69 Å². The SMILES string of the molecule is CCN1C(=O)c2ccccc2Sc2cc(-c3noc(-c4cccc(OC)c4OC)n3)ccc21. The number of ether oxygens (including phenoxy) is 2. The molecule has 0 saturated heterocycles. The van der Waals surface area contributed by atoms with Crippen molar-refractivity contribution in [1.29, 1.82) is 0 Å². The molecule has 0 bridgehead atoms. The summed E-state index contributed by atoms with van der Waals surface area (Å²) in [5.41, 5.74) is 3.01. The van der Waals surface area contributed by atoms with Crippen LogP contribution in [0.25, 0.3) is 22.8 Å². The minimum absolute atomic E-state index is 0.000864. The van der Waals surface area contributed by atoms with E-state index in [1.54, 1.807) is 30.9 Å². The zero-order chi connectivity index (χ0) is 22.9. The van der Waals surface area contributed by atoms with Crippen LogP contribution in [-0.4, -0.2) is 36.8 Å². The summed E-state index contributed by atoms with van der Waals surface area (Å²) in [6.45, 7) is 2.54. The molecule has 3 aromatic carbocycles. The minimum Gasteiger partial charge on any atom is -0.493 e. The van der Waals surface area contributed by atoms with Crippen molar-refractivity contribution in [2.45, 2.75) is 16.7 Å². The highest BCUT2D eigenvalue weighted by Gasteiger charge is 2.27. The summed E-state index contributed by atoms with van der Waals surface area (Å²) in [5.74, 6) is 1.89. The van der Waals surface area contributed by atoms with Crippen molar-refractivity contribution in [3.8, 4) is 34.3 Å². The highest BCUT2D eigenvalue weighted by atomic mass is 32.2. The number of hydrogen-bond donors (Lipinski definition) is 0. The molecule has 5 rings (SSSR count). The molecule has 1 aliphatic heterocycles. The number of fused-ring (bicyclic) bond motifs is 2. The predicted molar refractivity (Wildman–Crippen MR) is 126 cm³/mol. The zero-order valence-electron chi connectivity index (χ0n) is 18.4. The summed E-state index contributed by atoms with van der Waals surface area (Å²) in [5, 5.41) is 4.19. The molecule has 1 aliphatic rings. The van der Waals surface area contributed by atoms with Crippen LogP contribution < -0.4 is 14.4 Å². The maximum absolute atomic E-state index is 13.1. The first-order chi connectivity index (χ1) is 16.1. The Morgan fingerprint density at radius 2 is 1.79 bits per heavy atom. The van der Waals surface area contributed by atoms with Gasteiger partial charge in [-0.1, -0.05) is 35.1 Å². The second-order valence-electron chi connectivity index (χ2n) is 7.29. The highest BCUT2D eigenvalue weighted by Crippen LogP contribution is 2.43. The van der Waals surface area contributed by atoms with Gasteiger partial charge in [0.2, 0.25) is 5.82 Å². The van der Waals surface area contributed by atoms with Crippen LogP contribution in [0.15, 0.2) is 75.0 Å². The van der Waals surface area contributed by atoms with Gasteiger partial charge >= 0.3 is 0 Å². The van der Waals surface area contributed by atoms with Crippen LogP contribution in [0.3, 0.4) is 0 Å². The van der Waals surface area contributed by atoms with Gasteiger partial charge in [-0.05, 0) is 49.4 Å². The van der Waals surface area contributed by atoms with Crippen molar-refractivity contribution in [3.63, 3.8) is 0 Å². The number of anilines is 1. The number of nitrogens with zero attached hydrogens (tertiary/aromatic N) is 3. The van der Waals surface area contributed by atoms with Gasteiger partial charge in [0.25, 0.3) is 11.8 Å². The van der Waals surface area contributed by atoms with Crippen LogP contribution in [0.2, 0.25) is 0 Å². The smallest absolute Gasteiger partial charge is 0.262 e. The second-order valence-corrected chi connectivity index (χ2v) is 8.38. The quantitative estimate of drug-likeness (QED) is 0.387. The van der Waals surface area contributed by atoms with Gasteiger partial charge in [-0.3, -0.25) is 4.79 Å². The third kappa shape index (κ3) is 3.62. The Balaban J connectivity index is 1.56. The van der Waals surface area contributed by atoms with E-state index in [-0.39, 0.29) is 5.91 Å². The Morgan fingerprint density at radius 1 is 0.970 bits per heavy atom. The maximum atomic E-state index is 13.1. The molecule has 0 fully saturated rings. The van der Waals surface area contributed by atoms with Crippen molar-refractivity contribution in [1.82, 2.24) is 10.1 Å². The summed E-state index contributed by atoms with van der Waals surface area (Å²) >= 11 is 1.56. The van der Waals surface area contributed by atoms with Crippen LogP contribution >= 0.6 is 11.8 Å². The largest absolute Gasteiger partial charge is 0.493 e. The number of aromatic nitrogens is 2. The van der Waals surface area contributed by atoms with Crippen LogP contribution in [0.5, 0.6) is 11.5 Å². The molecule has 0 spiro atoms. The second kappa shape index (κ2) is 8.63. The lowest BCUT2D eigenvalue weighted by molar-refractivity contribution is 0.0985. The molecule has 0 aliphatic carbocycles. The van der Waals surface area contributed by atoms with E-state index < -0.39 is 0 Å². The first-order valence-corrected chi connectivity index (χ1v) is 11.2. The lowest BCUT2D eigenvalue weighted by Gasteiger charge is -2.21. The lowest BCUT2D eigenvalue weighted by Crippen LogP contribution is -2.30. The molecule has 0 saturated carbocycles. The Kier molecular flexibility index (Phi) is 5.51. The summed E-state index contributed by atoms with van der Waals surface area (Å²) in [6, 6.07) is 19.0. The molecule has 0 atom stereocenters. The van der Waals surface area contributed by atoms with E-state index >= 15 is 0 Å². The molecule has 7 nitrogen and oxygen atoms in total. The van der Waals surface area contributed by atoms with E-state index in [2.05, 4.69) is 10.1 Å². The fourth-order valence-corrected chi connectivity index (χ4v) is 5.00. The lowest BCUT2D eigenvalue weighted by atomic mass is 10.1. The molecule has 0 radical (unpaired) electrons. The number of rotatable bonds is 5. The molecule has 0 N–H and O–H groups in total. The first-order valence-electron chi connectivity index (χ1n) is 10.4. The molecule has 2 heterocycles. The van der Waals surface area contributed by atoms with Gasteiger partial charge in [0.15, 0.2) is 11.5 Å². The average molecular weight is 460 g/mol. The van der Waals surface area contributed by atoms with E-state index in [1.807, 2.05) is 67.6 Å². The third-order valence-corrected chi connectivity index (χ3v) is 6.59. The topological polar surface area (TPSA) is 77.7 Å². The molecule has 0 unspecified atom stereocenters. The van der Waals surface area contributed by atoms with E-state index in [0.717, 1.165) is 21.0 Å². The monoisotopic (exact) mass is 459 g/mol. The van der Waals surface area contributed by atoms with Crippen LogP contribution in [0.1, 0.15) is 17.3 Å². The fourth-order valence-electron chi connectivity index (χ4n) is 3.88. The number of carbonyl (C=O) groups is 1. The Morgan fingerprint density at radius 3 is 2.58 bits per heavy atom. The van der Waals surface area contributed by atoms with E-state index in [4.69, 9.17) is 14.0 Å². The van der Waals surface area contributed by atoms with E-state index in [0.29, 0.717) is 40.9 Å². The third-order valence-electron chi connectivity index (χ3n) is 5.47. The van der Waals surface area contributed by atoms with Crippen molar-refractivity contribution < 1.29 is 18.8 Å². The number of methoxy groups -OCH3 is 2. The number of para-hydroxylation sites is 1. The Labute approximate surface area is 195 Å². The minimum atomic E-state index is -0.000864. The van der Waals surface area contributed by atoms with Gasteiger partial charge in [-0.15, -0.1) is 0 Å². The number of amides is 1. The van der Waals surface area contributed by atoms with Crippen LogP contribution in [0, 0.1) is 0 Å². The maximum Gasteiger partial charge on any atom is 0.262 e. The van der Waals surface area contributed by atoms with Crippen molar-refractivity contribution >= 4 is 23.4 Å². The predicted octanol–water partition coefficient (Wildman–Crippen LogP) is 5.55. The van der Waals surface area contributed by atoms with Crippen LogP contribution in [-0.2, 0) is 0 Å². The number of benzene rings is 3.